The summed E-state index contributed by atoms with van der Waals surface area (Å²) in [4.78, 5) is 11.8. The molecule has 1 amide bonds. The first-order valence-electron chi connectivity index (χ1n) is 8.11. The van der Waals surface area contributed by atoms with Gasteiger partial charge in [-0.1, -0.05) is 31.2 Å². The minimum atomic E-state index is -0.475. The van der Waals surface area contributed by atoms with E-state index in [-0.39, 0.29) is 12.1 Å². The average molecular weight is 322 g/mol. The molecule has 0 saturated heterocycles. The van der Waals surface area contributed by atoms with Crippen LogP contribution < -0.4 is 10.6 Å². The number of benzene rings is 1. The highest BCUT2D eigenvalue weighted by Gasteiger charge is 2.18. The molecule has 5 nitrogen and oxygen atoms in total. The quantitative estimate of drug-likeness (QED) is 0.771. The van der Waals surface area contributed by atoms with Crippen LogP contribution in [0.15, 0.2) is 24.3 Å². The molecule has 1 atom stereocenters. The molecular weight excluding hydrogens is 292 g/mol. The van der Waals surface area contributed by atoms with E-state index in [1.807, 2.05) is 39.8 Å². The fourth-order valence-corrected chi connectivity index (χ4v) is 2.16. The van der Waals surface area contributed by atoms with Crippen molar-refractivity contribution in [3.05, 3.63) is 35.4 Å². The summed E-state index contributed by atoms with van der Waals surface area (Å²) in [5, 5.41) is 6.28. The summed E-state index contributed by atoms with van der Waals surface area (Å²) in [6, 6.07) is 8.33. The van der Waals surface area contributed by atoms with Crippen molar-refractivity contribution in [2.45, 2.75) is 58.9 Å². The highest BCUT2D eigenvalue weighted by molar-refractivity contribution is 5.68. The van der Waals surface area contributed by atoms with Crippen molar-refractivity contribution in [3.8, 4) is 0 Å². The molecule has 1 aromatic carbocycles. The Balaban J connectivity index is 2.40. The number of alkyl carbamates (subject to hydrolysis) is 1. The van der Waals surface area contributed by atoms with Gasteiger partial charge in [0.05, 0.1) is 6.61 Å². The van der Waals surface area contributed by atoms with Gasteiger partial charge in [0.25, 0.3) is 0 Å². The van der Waals surface area contributed by atoms with Gasteiger partial charge in [-0.2, -0.15) is 0 Å². The van der Waals surface area contributed by atoms with Gasteiger partial charge < -0.3 is 20.1 Å². The molecule has 0 aromatic heterocycles. The molecule has 130 valence electrons. The molecule has 1 rings (SSSR count). The van der Waals surface area contributed by atoms with Gasteiger partial charge in [0.15, 0.2) is 0 Å². The summed E-state index contributed by atoms with van der Waals surface area (Å²) in [6.45, 7) is 9.69. The Bertz CT molecular complexity index is 483. The SMILES string of the molecule is CCC(CNCc1cccc(COC)c1)NC(=O)OC(C)(C)C. The fraction of sp³-hybridized carbons (Fsp3) is 0.611. The van der Waals surface area contributed by atoms with Crippen molar-refractivity contribution in [2.24, 2.45) is 0 Å². The minimum absolute atomic E-state index is 0.0482. The van der Waals surface area contributed by atoms with Crippen molar-refractivity contribution in [1.82, 2.24) is 10.6 Å². The molecule has 1 unspecified atom stereocenters. The number of amides is 1. The number of nitrogens with one attached hydrogen (secondary N) is 2. The largest absolute Gasteiger partial charge is 0.444 e. The van der Waals surface area contributed by atoms with Crippen molar-refractivity contribution < 1.29 is 14.3 Å². The number of carbonyl (C=O) groups excluding carboxylic acids is 1. The molecule has 0 radical (unpaired) electrons. The third-order valence-electron chi connectivity index (χ3n) is 3.24. The zero-order chi connectivity index (χ0) is 17.3. The summed E-state index contributed by atoms with van der Waals surface area (Å²) in [5.74, 6) is 0. The van der Waals surface area contributed by atoms with E-state index in [0.717, 1.165) is 18.5 Å². The van der Waals surface area contributed by atoms with Crippen LogP contribution in [0.4, 0.5) is 4.79 Å². The number of rotatable bonds is 8. The van der Waals surface area contributed by atoms with Gasteiger partial charge in [-0.05, 0) is 38.3 Å². The topological polar surface area (TPSA) is 59.6 Å². The highest BCUT2D eigenvalue weighted by Crippen LogP contribution is 2.08. The van der Waals surface area contributed by atoms with E-state index in [2.05, 4.69) is 22.8 Å². The lowest BCUT2D eigenvalue weighted by molar-refractivity contribution is 0.0502. The molecule has 0 saturated carbocycles. The number of hydrogen-bond donors (Lipinski definition) is 2. The monoisotopic (exact) mass is 322 g/mol. The van der Waals surface area contributed by atoms with Gasteiger partial charge >= 0.3 is 6.09 Å². The second kappa shape index (κ2) is 9.53. The number of carbonyl (C=O) groups is 1. The molecule has 0 fully saturated rings. The lowest BCUT2D eigenvalue weighted by Gasteiger charge is -2.23. The van der Waals surface area contributed by atoms with Crippen LogP contribution in [0.5, 0.6) is 0 Å². The van der Waals surface area contributed by atoms with Crippen LogP contribution in [0, 0.1) is 0 Å². The van der Waals surface area contributed by atoms with E-state index in [4.69, 9.17) is 9.47 Å². The maximum Gasteiger partial charge on any atom is 0.407 e. The molecule has 2 N–H and O–H groups in total. The third kappa shape index (κ3) is 8.57. The molecule has 0 aliphatic rings. The van der Waals surface area contributed by atoms with Gasteiger partial charge in [0.1, 0.15) is 5.60 Å². The van der Waals surface area contributed by atoms with Crippen LogP contribution in [-0.4, -0.2) is 31.4 Å². The smallest absolute Gasteiger partial charge is 0.407 e. The third-order valence-corrected chi connectivity index (χ3v) is 3.24. The average Bonchev–Trinajstić information content (AvgIpc) is 2.45. The predicted octanol–water partition coefficient (Wildman–Crippen LogP) is 3.23. The van der Waals surface area contributed by atoms with Gasteiger partial charge in [0.2, 0.25) is 0 Å². The Morgan fingerprint density at radius 2 is 1.96 bits per heavy atom. The molecule has 0 heterocycles. The van der Waals surface area contributed by atoms with Crippen molar-refractivity contribution in [1.29, 1.82) is 0 Å². The Morgan fingerprint density at radius 1 is 1.26 bits per heavy atom. The van der Waals surface area contributed by atoms with Crippen molar-refractivity contribution >= 4 is 6.09 Å². The lowest BCUT2D eigenvalue weighted by Crippen LogP contribution is -2.43. The summed E-state index contributed by atoms with van der Waals surface area (Å²) in [5.41, 5.74) is 1.88. The second-order valence-corrected chi connectivity index (χ2v) is 6.64. The van der Waals surface area contributed by atoms with Crippen molar-refractivity contribution in [2.75, 3.05) is 13.7 Å². The fourth-order valence-electron chi connectivity index (χ4n) is 2.16. The number of methoxy groups -OCH3 is 1. The maximum atomic E-state index is 11.8. The van der Waals surface area contributed by atoms with Crippen LogP contribution >= 0.6 is 0 Å². The summed E-state index contributed by atoms with van der Waals surface area (Å²) in [7, 11) is 1.69. The lowest BCUT2D eigenvalue weighted by atomic mass is 10.1. The zero-order valence-corrected chi connectivity index (χ0v) is 14.9. The van der Waals surface area contributed by atoms with Gasteiger partial charge in [-0.3, -0.25) is 0 Å². The highest BCUT2D eigenvalue weighted by atomic mass is 16.6. The molecule has 0 bridgehead atoms. The number of ether oxygens (including phenoxy) is 2. The summed E-state index contributed by atoms with van der Waals surface area (Å²) in [6.07, 6.45) is 0.476. The van der Waals surface area contributed by atoms with Crippen LogP contribution in [0.25, 0.3) is 0 Å². The predicted molar refractivity (Wildman–Crippen MR) is 92.3 cm³/mol. The van der Waals surface area contributed by atoms with Crippen molar-refractivity contribution in [3.63, 3.8) is 0 Å². The molecule has 23 heavy (non-hydrogen) atoms. The van der Waals surface area contributed by atoms with E-state index in [9.17, 15) is 4.79 Å². The molecule has 0 aliphatic carbocycles. The molecule has 0 aliphatic heterocycles. The molecule has 1 aromatic rings. The minimum Gasteiger partial charge on any atom is -0.444 e. The summed E-state index contributed by atoms with van der Waals surface area (Å²) < 4.78 is 10.4. The van der Waals surface area contributed by atoms with E-state index in [0.29, 0.717) is 13.2 Å². The van der Waals surface area contributed by atoms with E-state index in [1.165, 1.54) is 5.56 Å². The first kappa shape index (κ1) is 19.5. The van der Waals surface area contributed by atoms with Crippen LogP contribution in [0.3, 0.4) is 0 Å². The normalized spacial score (nSPS) is 12.7. The Hall–Kier alpha value is -1.59. The molecule has 0 spiro atoms. The first-order valence-corrected chi connectivity index (χ1v) is 8.11. The van der Waals surface area contributed by atoms with Crippen LogP contribution in [-0.2, 0) is 22.6 Å². The standard InChI is InChI=1S/C18H30N2O3/c1-6-16(20-17(21)23-18(2,3)4)12-19-11-14-8-7-9-15(10-14)13-22-5/h7-10,16,19H,6,11-13H2,1-5H3,(H,20,21). The van der Waals surface area contributed by atoms with Gasteiger partial charge in [-0.15, -0.1) is 0 Å². The first-order chi connectivity index (χ1) is 10.8. The van der Waals surface area contributed by atoms with Crippen LogP contribution in [0.2, 0.25) is 0 Å². The Kier molecular flexibility index (Phi) is 8.06. The van der Waals surface area contributed by atoms with E-state index < -0.39 is 5.60 Å². The van der Waals surface area contributed by atoms with Gasteiger partial charge in [0, 0.05) is 26.2 Å². The maximum absolute atomic E-state index is 11.8. The number of hydrogen-bond acceptors (Lipinski definition) is 4. The molecule has 5 heteroatoms. The molecular formula is C18H30N2O3. The summed E-state index contributed by atoms with van der Waals surface area (Å²) >= 11 is 0. The Labute approximate surface area is 139 Å². The Morgan fingerprint density at radius 3 is 2.57 bits per heavy atom. The van der Waals surface area contributed by atoms with Gasteiger partial charge in [-0.25, -0.2) is 4.79 Å². The second-order valence-electron chi connectivity index (χ2n) is 6.64. The zero-order valence-electron chi connectivity index (χ0n) is 14.9. The van der Waals surface area contributed by atoms with Crippen LogP contribution in [0.1, 0.15) is 45.2 Å². The van der Waals surface area contributed by atoms with E-state index >= 15 is 0 Å². The van der Waals surface area contributed by atoms with E-state index in [1.54, 1.807) is 7.11 Å².